The maximum Gasteiger partial charge on any atom is 2.00 e. The summed E-state index contributed by atoms with van der Waals surface area (Å²) in [5, 5.41) is 29.5. The molecule has 0 aromatic heterocycles. The topological polar surface area (TPSA) is 384 Å². The van der Waals surface area contributed by atoms with Crippen LogP contribution in [0.15, 0.2) is 0 Å². The second kappa shape index (κ2) is 128. The van der Waals surface area contributed by atoms with E-state index in [1.54, 1.807) is 0 Å². The van der Waals surface area contributed by atoms with Gasteiger partial charge in [0.05, 0.1) is 10.2 Å². The molecule has 0 aliphatic rings. The van der Waals surface area contributed by atoms with Gasteiger partial charge in [-0.25, -0.2) is 0 Å². The summed E-state index contributed by atoms with van der Waals surface area (Å²) in [7, 11) is 0. The normalized spacial score (nSPS) is 2.82. The van der Waals surface area contributed by atoms with Gasteiger partial charge in [0.1, 0.15) is 0 Å². The Morgan fingerprint density at radius 3 is 0.471 bits per heavy atom. The quantitative estimate of drug-likeness (QED) is 0.306. The molecular weight excluding hydrogens is 311 g/mol. The monoisotopic (exact) mass is 327 g/mol. The predicted octanol–water partition coefficient (Wildman–Crippen LogP) is -7.08. The van der Waals surface area contributed by atoms with Crippen LogP contribution in [0.25, 0.3) is 0 Å². The molecule has 0 rings (SSSR count). The molecule has 0 atom stereocenters. The molecule has 0 aromatic rings. The van der Waals surface area contributed by atoms with E-state index < -0.39 is 10.2 Å². The summed E-state index contributed by atoms with van der Waals surface area (Å²) in [6, 6.07) is 0. The predicted molar refractivity (Wildman–Crippen MR) is 49.6 cm³/mol. The van der Waals surface area contributed by atoms with Crippen molar-refractivity contribution in [2.75, 3.05) is 0 Å². The molecule has 119 valence electrons. The third-order valence-corrected chi connectivity index (χ3v) is 0. The Morgan fingerprint density at radius 2 is 0.471 bits per heavy atom. The van der Waals surface area contributed by atoms with Crippen molar-refractivity contribution in [2.24, 2.45) is 0 Å². The molecule has 0 amide bonds. The molecule has 0 heterocycles. The molecular formula is H16CoN2O14. The molecule has 0 saturated heterocycles. The molecule has 1 radical (unpaired) electrons. The molecule has 16 N–H and O–H groups in total. The second-order valence-electron chi connectivity index (χ2n) is 0.447. The van der Waals surface area contributed by atoms with Gasteiger partial charge in [-0.15, -0.1) is 0 Å². The molecule has 0 aliphatic heterocycles. The van der Waals surface area contributed by atoms with Crippen molar-refractivity contribution < 1.29 is 70.8 Å². The van der Waals surface area contributed by atoms with E-state index in [9.17, 15) is 0 Å². The molecule has 0 spiro atoms. The van der Waals surface area contributed by atoms with Crippen LogP contribution in [0.3, 0.4) is 0 Å². The Morgan fingerprint density at radius 1 is 0.471 bits per heavy atom. The first kappa shape index (κ1) is 158. The molecule has 17 heteroatoms. The van der Waals surface area contributed by atoms with Crippen LogP contribution < -0.4 is 0 Å². The summed E-state index contributed by atoms with van der Waals surface area (Å²) < 4.78 is 0. The standard InChI is InChI=1S/Co.2NO3.8H2O/c;2*2-1(3)4;;;;;;;;/h;;;8*1H2/q+2;2*-1;;;;;;;;. The van der Waals surface area contributed by atoms with Crippen molar-refractivity contribution in [3.63, 3.8) is 0 Å². The Balaban J connectivity index is -0.00000000308. The van der Waals surface area contributed by atoms with E-state index in [0.29, 0.717) is 0 Å². The van der Waals surface area contributed by atoms with Gasteiger partial charge in [0.15, 0.2) is 0 Å². The fourth-order valence-electron chi connectivity index (χ4n) is 0. The molecule has 0 fully saturated rings. The molecule has 0 bridgehead atoms. The zero-order chi connectivity index (χ0) is 7.15. The van der Waals surface area contributed by atoms with E-state index in [0.717, 1.165) is 0 Å². The average Bonchev–Trinajstić information content (AvgIpc) is 1.25. The van der Waals surface area contributed by atoms with Crippen molar-refractivity contribution in [1.82, 2.24) is 0 Å². The average molecular weight is 327 g/mol. The van der Waals surface area contributed by atoms with Gasteiger partial charge >= 0.3 is 16.8 Å². The first-order valence-electron chi connectivity index (χ1n) is 1.10. The minimum absolute atomic E-state index is 0. The van der Waals surface area contributed by atoms with E-state index in [4.69, 9.17) is 30.6 Å². The maximum atomic E-state index is 8.25. The van der Waals surface area contributed by atoms with Crippen LogP contribution >= 0.6 is 0 Å². The van der Waals surface area contributed by atoms with Gasteiger partial charge in [-0.3, -0.25) is 0 Å². The molecule has 0 saturated carbocycles. The molecule has 16 nitrogen and oxygen atoms in total. The Kier molecular flexibility index (Phi) is 1190. The zero-order valence-electron chi connectivity index (χ0n) is 7.68. The van der Waals surface area contributed by atoms with Gasteiger partial charge in [0, 0.05) is 0 Å². The van der Waals surface area contributed by atoms with Crippen LogP contribution in [-0.4, -0.2) is 54.0 Å². The van der Waals surface area contributed by atoms with Crippen LogP contribution in [0.5, 0.6) is 0 Å². The van der Waals surface area contributed by atoms with E-state index in [2.05, 4.69) is 0 Å². The van der Waals surface area contributed by atoms with Gasteiger partial charge in [-0.05, 0) is 0 Å². The van der Waals surface area contributed by atoms with Gasteiger partial charge in [0.25, 0.3) is 0 Å². The fraction of sp³-hybridized carbons (Fsp3) is 0. The van der Waals surface area contributed by atoms with Gasteiger partial charge in [-0.2, -0.15) is 0 Å². The van der Waals surface area contributed by atoms with Crippen LogP contribution in [0.4, 0.5) is 0 Å². The summed E-state index contributed by atoms with van der Waals surface area (Å²) in [6.45, 7) is 0. The molecule has 0 unspecified atom stereocenters. The number of hydrogen-bond acceptors (Lipinski definition) is 6. The first-order chi connectivity index (χ1) is 3.46. The summed E-state index contributed by atoms with van der Waals surface area (Å²) in [6.07, 6.45) is 0. The number of hydrogen-bond donors (Lipinski definition) is 0. The smallest absolute Gasteiger partial charge is 0.412 e. The van der Waals surface area contributed by atoms with Crippen molar-refractivity contribution >= 4 is 0 Å². The molecule has 17 heavy (non-hydrogen) atoms. The Bertz CT molecular complexity index is 72.2. The molecule has 0 aromatic carbocycles. The van der Waals surface area contributed by atoms with Crippen LogP contribution in [-0.2, 0) is 16.8 Å². The SMILES string of the molecule is O.O.O.O.O.O.O.O.O=[N+]([O-])[O-].O=[N+]([O-])[O-].[Co+2]. The minimum Gasteiger partial charge on any atom is -0.412 e. The summed E-state index contributed by atoms with van der Waals surface area (Å²) in [5.74, 6) is 0. The maximum absolute atomic E-state index is 8.25. The van der Waals surface area contributed by atoms with Gasteiger partial charge < -0.3 is 74.5 Å². The summed E-state index contributed by atoms with van der Waals surface area (Å²) >= 11 is 0. The number of rotatable bonds is 0. The van der Waals surface area contributed by atoms with E-state index >= 15 is 0 Å². The van der Waals surface area contributed by atoms with Crippen molar-refractivity contribution in [3.8, 4) is 0 Å². The second-order valence-corrected chi connectivity index (χ2v) is 0.447. The van der Waals surface area contributed by atoms with Crippen molar-refractivity contribution in [3.05, 3.63) is 30.6 Å². The van der Waals surface area contributed by atoms with E-state index in [1.807, 2.05) is 0 Å². The fourth-order valence-corrected chi connectivity index (χ4v) is 0. The Hall–Kier alpha value is -1.41. The number of nitrogens with zero attached hydrogens (tertiary/aromatic N) is 2. The van der Waals surface area contributed by atoms with Crippen LogP contribution in [0.2, 0.25) is 0 Å². The first-order valence-corrected chi connectivity index (χ1v) is 1.10. The van der Waals surface area contributed by atoms with Crippen molar-refractivity contribution in [2.45, 2.75) is 0 Å². The third kappa shape index (κ3) is 1160. The molecule has 0 aliphatic carbocycles. The van der Waals surface area contributed by atoms with E-state index in [-0.39, 0.29) is 60.6 Å². The summed E-state index contributed by atoms with van der Waals surface area (Å²) in [5.41, 5.74) is 0. The third-order valence-electron chi connectivity index (χ3n) is 0. The van der Waals surface area contributed by atoms with Crippen molar-refractivity contribution in [1.29, 1.82) is 0 Å². The van der Waals surface area contributed by atoms with E-state index in [1.165, 1.54) is 0 Å². The zero-order valence-corrected chi connectivity index (χ0v) is 8.72. The summed E-state index contributed by atoms with van der Waals surface area (Å²) in [4.78, 5) is 16.5. The van der Waals surface area contributed by atoms with Gasteiger partial charge in [0.2, 0.25) is 0 Å². The minimum atomic E-state index is -1.75. The van der Waals surface area contributed by atoms with Gasteiger partial charge in [-0.1, -0.05) is 0 Å². The van der Waals surface area contributed by atoms with Crippen LogP contribution in [0, 0.1) is 30.6 Å². The van der Waals surface area contributed by atoms with Crippen LogP contribution in [0.1, 0.15) is 0 Å². The Labute approximate surface area is 102 Å². The largest absolute Gasteiger partial charge is 2.00 e.